The molecule has 0 spiro atoms. The van der Waals surface area contributed by atoms with Crippen LogP contribution in [0.15, 0.2) is 60.1 Å². The van der Waals surface area contributed by atoms with Gasteiger partial charge < -0.3 is 4.81 Å². The van der Waals surface area contributed by atoms with Gasteiger partial charge in [-0.2, -0.15) is 0 Å². The molecule has 1 saturated carbocycles. The third-order valence-corrected chi connectivity index (χ3v) is 7.42. The molecule has 5 rings (SSSR count). The Labute approximate surface area is 175 Å². The second-order valence-corrected chi connectivity index (χ2v) is 8.92. The van der Waals surface area contributed by atoms with Gasteiger partial charge in [0.25, 0.3) is 0 Å². The number of pyridine rings is 1. The third kappa shape index (κ3) is 2.82. The number of nitrogens with zero attached hydrogens (tertiary/aromatic N) is 2. The number of aromatic nitrogens is 1. The highest BCUT2D eigenvalue weighted by Crippen LogP contribution is 2.38. The topological polar surface area (TPSA) is 7.12 Å². The average Bonchev–Trinajstić information content (AvgIpc) is 3.28. The molecule has 29 heavy (non-hydrogen) atoms. The van der Waals surface area contributed by atoms with E-state index in [1.807, 2.05) is 0 Å². The first-order valence-corrected chi connectivity index (χ1v) is 11.0. The van der Waals surface area contributed by atoms with Crippen molar-refractivity contribution in [1.82, 2.24) is 0 Å². The van der Waals surface area contributed by atoms with Gasteiger partial charge in [-0.25, -0.2) is 4.57 Å². The van der Waals surface area contributed by atoms with E-state index in [9.17, 15) is 0 Å². The average molecular weight is 381 g/mol. The van der Waals surface area contributed by atoms with Gasteiger partial charge in [-0.15, -0.1) is 0 Å². The summed E-state index contributed by atoms with van der Waals surface area (Å²) in [6.07, 6.45) is 5.39. The second kappa shape index (κ2) is 7.05. The van der Waals surface area contributed by atoms with Crippen LogP contribution in [-0.4, -0.2) is 13.9 Å². The number of allylic oxidation sites excluding steroid dienone is 2. The van der Waals surface area contributed by atoms with Crippen LogP contribution >= 0.6 is 0 Å². The molecular weight excluding hydrogens is 351 g/mol. The van der Waals surface area contributed by atoms with E-state index in [2.05, 4.69) is 91.9 Å². The molecule has 2 aromatic carbocycles. The van der Waals surface area contributed by atoms with Crippen LogP contribution in [0.25, 0.3) is 16.5 Å². The van der Waals surface area contributed by atoms with Gasteiger partial charge in [0.15, 0.2) is 5.59 Å². The van der Waals surface area contributed by atoms with Crippen molar-refractivity contribution in [2.45, 2.75) is 45.4 Å². The number of hydrogen-bond donors (Lipinski definition) is 0. The minimum atomic E-state index is 0.264. The maximum absolute atomic E-state index is 2.53. The zero-order valence-electron chi connectivity index (χ0n) is 18.1. The first-order valence-electron chi connectivity index (χ1n) is 11.0. The van der Waals surface area contributed by atoms with Crippen molar-refractivity contribution in [2.24, 2.45) is 7.05 Å². The Kier molecular flexibility index (Phi) is 4.50. The van der Waals surface area contributed by atoms with E-state index in [1.54, 1.807) is 5.56 Å². The summed E-state index contributed by atoms with van der Waals surface area (Å²) in [6, 6.07) is 20.3. The van der Waals surface area contributed by atoms with Crippen LogP contribution in [0.1, 0.15) is 56.6 Å². The summed E-state index contributed by atoms with van der Waals surface area (Å²) in [4.78, 5) is 2.47. The lowest BCUT2D eigenvalue weighted by Crippen LogP contribution is -2.62. The van der Waals surface area contributed by atoms with Crippen molar-refractivity contribution in [3.8, 4) is 0 Å². The van der Waals surface area contributed by atoms with Crippen molar-refractivity contribution in [3.63, 3.8) is 0 Å². The molecule has 0 saturated heterocycles. The molecule has 3 heteroatoms. The van der Waals surface area contributed by atoms with Crippen LogP contribution in [0.2, 0.25) is 0 Å². The summed E-state index contributed by atoms with van der Waals surface area (Å²) in [5, 5.41) is 1.43. The molecule has 3 aromatic rings. The van der Waals surface area contributed by atoms with Crippen molar-refractivity contribution in [2.75, 3.05) is 11.9 Å². The maximum Gasteiger partial charge on any atom is 0.399 e. The van der Waals surface area contributed by atoms with E-state index in [0.717, 1.165) is 0 Å². The van der Waals surface area contributed by atoms with Crippen molar-refractivity contribution < 1.29 is 4.57 Å². The summed E-state index contributed by atoms with van der Waals surface area (Å²) < 4.78 is 2.43. The van der Waals surface area contributed by atoms with E-state index < -0.39 is 0 Å². The molecular formula is C26H30BN2+. The molecule has 0 unspecified atom stereocenters. The monoisotopic (exact) mass is 381 g/mol. The zero-order valence-corrected chi connectivity index (χ0v) is 18.1. The molecule has 2 heterocycles. The highest BCUT2D eigenvalue weighted by molar-refractivity contribution is 6.83. The molecule has 2 nitrogen and oxygen atoms in total. The highest BCUT2D eigenvalue weighted by atomic mass is 15.1. The van der Waals surface area contributed by atoms with Gasteiger partial charge in [0, 0.05) is 23.2 Å². The molecule has 0 bridgehead atoms. The molecule has 0 amide bonds. The van der Waals surface area contributed by atoms with Gasteiger partial charge in [0.1, 0.15) is 7.05 Å². The summed E-state index contributed by atoms with van der Waals surface area (Å²) in [6.45, 7) is 4.86. The molecule has 1 aliphatic carbocycles. The molecule has 146 valence electrons. The molecule has 0 radical (unpaired) electrons. The number of hydrogen-bond acceptors (Lipinski definition) is 1. The number of para-hydroxylation sites is 2. The van der Waals surface area contributed by atoms with Gasteiger partial charge in [0.05, 0.1) is 0 Å². The highest BCUT2D eigenvalue weighted by Gasteiger charge is 2.39. The molecule has 2 aliphatic rings. The quantitative estimate of drug-likeness (QED) is 0.448. The van der Waals surface area contributed by atoms with E-state index >= 15 is 0 Å². The van der Waals surface area contributed by atoms with Crippen molar-refractivity contribution in [3.05, 3.63) is 71.2 Å². The number of rotatable bonds is 2. The Morgan fingerprint density at radius 2 is 1.66 bits per heavy atom. The van der Waals surface area contributed by atoms with Crippen LogP contribution in [0, 0.1) is 0 Å². The molecule has 1 aromatic heterocycles. The fraction of sp³-hybridized carbons (Fsp3) is 0.346. The van der Waals surface area contributed by atoms with E-state index in [0.29, 0.717) is 5.92 Å². The van der Waals surface area contributed by atoms with Crippen LogP contribution < -0.4 is 15.0 Å². The van der Waals surface area contributed by atoms with Gasteiger partial charge in [-0.3, -0.25) is 0 Å². The fourth-order valence-electron chi connectivity index (χ4n) is 5.69. The lowest BCUT2D eigenvalue weighted by Gasteiger charge is -2.34. The Hall–Kier alpha value is -2.55. The standard InChI is InChI=1S/C26H30BN2/c1-18-19(2)27(29(4)25-16-10-7-13-21(18)25)26-17-23(20-11-5-6-12-20)22-14-8-9-15-24(22)28(26)3/h7-10,13-17,20H,5-6,11-12H2,1-4H3/q+1. The minimum Gasteiger partial charge on any atom is -0.404 e. The largest absolute Gasteiger partial charge is 0.404 e. The number of benzene rings is 2. The summed E-state index contributed by atoms with van der Waals surface area (Å²) in [5.74, 6) is 0.700. The van der Waals surface area contributed by atoms with Crippen LogP contribution in [-0.2, 0) is 7.05 Å². The van der Waals surface area contributed by atoms with E-state index in [1.165, 1.54) is 64.5 Å². The molecule has 1 aliphatic heterocycles. The van der Waals surface area contributed by atoms with Crippen LogP contribution in [0.3, 0.4) is 0 Å². The number of aryl methyl sites for hydroxylation is 1. The summed E-state index contributed by atoms with van der Waals surface area (Å²) in [7, 11) is 4.50. The fourth-order valence-corrected chi connectivity index (χ4v) is 5.69. The van der Waals surface area contributed by atoms with E-state index in [4.69, 9.17) is 0 Å². The Bertz CT molecular complexity index is 1120. The second-order valence-electron chi connectivity index (χ2n) is 8.92. The SMILES string of the molecule is CC1=C(C)c2ccccc2N(C)B1c1cc(C2CCCC2)c2ccccc2[n+]1C. The Morgan fingerprint density at radius 3 is 2.45 bits per heavy atom. The predicted octanol–water partition coefficient (Wildman–Crippen LogP) is 5.00. The third-order valence-electron chi connectivity index (χ3n) is 7.42. The van der Waals surface area contributed by atoms with E-state index in [-0.39, 0.29) is 6.85 Å². The Balaban J connectivity index is 1.75. The van der Waals surface area contributed by atoms with Crippen molar-refractivity contribution >= 4 is 34.6 Å². The van der Waals surface area contributed by atoms with Crippen molar-refractivity contribution in [1.29, 1.82) is 0 Å². The zero-order chi connectivity index (χ0) is 20.1. The smallest absolute Gasteiger partial charge is 0.399 e. The summed E-state index contributed by atoms with van der Waals surface area (Å²) in [5.41, 5.74) is 9.88. The van der Waals surface area contributed by atoms with Gasteiger partial charge >= 0.3 is 6.85 Å². The molecule has 0 atom stereocenters. The molecule has 1 fully saturated rings. The predicted molar refractivity (Wildman–Crippen MR) is 125 cm³/mol. The number of fused-ring (bicyclic) bond motifs is 2. The normalized spacial score (nSPS) is 17.4. The maximum atomic E-state index is 2.53. The molecule has 0 N–H and O–H groups in total. The van der Waals surface area contributed by atoms with Gasteiger partial charge in [-0.1, -0.05) is 48.6 Å². The van der Waals surface area contributed by atoms with Crippen LogP contribution in [0.5, 0.6) is 0 Å². The Morgan fingerprint density at radius 1 is 0.966 bits per heavy atom. The first-order chi connectivity index (χ1) is 14.1. The van der Waals surface area contributed by atoms with Gasteiger partial charge in [0.2, 0.25) is 5.52 Å². The minimum absolute atomic E-state index is 0.264. The number of anilines is 1. The van der Waals surface area contributed by atoms with Crippen LogP contribution in [0.4, 0.5) is 5.69 Å². The van der Waals surface area contributed by atoms with Gasteiger partial charge in [-0.05, 0) is 68.5 Å². The first kappa shape index (κ1) is 18.5. The lowest BCUT2D eigenvalue weighted by molar-refractivity contribution is -0.627. The summed E-state index contributed by atoms with van der Waals surface area (Å²) >= 11 is 0. The lowest BCUT2D eigenvalue weighted by atomic mass is 9.47.